The molecule has 0 radical (unpaired) electrons. The normalized spacial score (nSPS) is 14.5. The van der Waals surface area contributed by atoms with Gasteiger partial charge in [0.15, 0.2) is 11.5 Å². The van der Waals surface area contributed by atoms with Gasteiger partial charge in [-0.05, 0) is 60.7 Å². The van der Waals surface area contributed by atoms with Crippen LogP contribution in [0.2, 0.25) is 5.02 Å². The van der Waals surface area contributed by atoms with E-state index in [-0.39, 0.29) is 11.8 Å². The summed E-state index contributed by atoms with van der Waals surface area (Å²) < 4.78 is 10.5. The van der Waals surface area contributed by atoms with E-state index in [2.05, 4.69) is 5.32 Å². The zero-order chi connectivity index (χ0) is 22.2. The predicted molar refractivity (Wildman–Crippen MR) is 122 cm³/mol. The van der Waals surface area contributed by atoms with Crippen LogP contribution in [-0.4, -0.2) is 50.6 Å². The minimum absolute atomic E-state index is 0.00256. The van der Waals surface area contributed by atoms with E-state index < -0.39 is 0 Å². The molecule has 7 heteroatoms. The van der Waals surface area contributed by atoms with Gasteiger partial charge in [-0.1, -0.05) is 23.7 Å². The minimum atomic E-state index is -0.148. The first-order valence-corrected chi connectivity index (χ1v) is 10.6. The Kier molecular flexibility index (Phi) is 7.95. The summed E-state index contributed by atoms with van der Waals surface area (Å²) in [5, 5.41) is 3.66. The van der Waals surface area contributed by atoms with E-state index in [4.69, 9.17) is 21.1 Å². The van der Waals surface area contributed by atoms with Crippen molar-refractivity contribution in [3.05, 3.63) is 64.7 Å². The van der Waals surface area contributed by atoms with Crippen LogP contribution in [0, 0.1) is 5.92 Å². The third-order valence-corrected chi connectivity index (χ3v) is 5.66. The molecule has 1 saturated heterocycles. The van der Waals surface area contributed by atoms with Crippen LogP contribution in [0.1, 0.15) is 28.8 Å². The fourth-order valence-electron chi connectivity index (χ4n) is 3.52. The summed E-state index contributed by atoms with van der Waals surface area (Å²) in [6.07, 6.45) is 5.11. The average Bonchev–Trinajstić information content (AvgIpc) is 2.81. The van der Waals surface area contributed by atoms with Crippen LogP contribution >= 0.6 is 11.6 Å². The lowest BCUT2D eigenvalue weighted by Gasteiger charge is -2.31. The number of benzene rings is 2. The van der Waals surface area contributed by atoms with Crippen molar-refractivity contribution in [3.63, 3.8) is 0 Å². The van der Waals surface area contributed by atoms with E-state index >= 15 is 0 Å². The fraction of sp³-hybridized carbons (Fsp3) is 0.333. The van der Waals surface area contributed by atoms with Crippen LogP contribution in [0.15, 0.2) is 48.5 Å². The molecule has 3 rings (SSSR count). The lowest BCUT2D eigenvalue weighted by molar-refractivity contribution is -0.127. The maximum atomic E-state index is 12.5. The number of methoxy groups -OCH3 is 2. The van der Waals surface area contributed by atoms with Crippen LogP contribution in [-0.2, 0) is 4.79 Å². The summed E-state index contributed by atoms with van der Waals surface area (Å²) in [6, 6.07) is 12.4. The molecular formula is C24H27ClN2O4. The molecule has 31 heavy (non-hydrogen) atoms. The Labute approximate surface area is 187 Å². The SMILES string of the molecule is COc1ccc(C(=O)NCC2CCN(C(=O)/C=C/c3ccc(Cl)cc3)CC2)cc1OC. The Morgan fingerprint density at radius 1 is 1.06 bits per heavy atom. The number of piperidine rings is 1. The van der Waals surface area contributed by atoms with Gasteiger partial charge < -0.3 is 19.7 Å². The van der Waals surface area contributed by atoms with Crippen molar-refractivity contribution >= 4 is 29.5 Å². The standard InChI is InChI=1S/C24H27ClN2O4/c1-30-21-9-6-19(15-22(21)31-2)24(29)26-16-18-11-13-27(14-12-18)23(28)10-5-17-3-7-20(25)8-4-17/h3-10,15,18H,11-14,16H2,1-2H3,(H,26,29)/b10-5+. The van der Waals surface area contributed by atoms with Gasteiger partial charge in [0.2, 0.25) is 5.91 Å². The van der Waals surface area contributed by atoms with E-state index in [0.717, 1.165) is 18.4 Å². The Bertz CT molecular complexity index is 935. The highest BCUT2D eigenvalue weighted by atomic mass is 35.5. The van der Waals surface area contributed by atoms with Gasteiger partial charge in [0.05, 0.1) is 14.2 Å². The second kappa shape index (κ2) is 10.9. The van der Waals surface area contributed by atoms with Crippen molar-refractivity contribution < 1.29 is 19.1 Å². The molecule has 0 atom stereocenters. The van der Waals surface area contributed by atoms with E-state index in [1.54, 1.807) is 56.7 Å². The molecule has 0 aliphatic carbocycles. The number of rotatable bonds is 7. The van der Waals surface area contributed by atoms with Crippen LogP contribution < -0.4 is 14.8 Å². The van der Waals surface area contributed by atoms with Gasteiger partial charge in [-0.15, -0.1) is 0 Å². The Balaban J connectivity index is 1.45. The number of amides is 2. The minimum Gasteiger partial charge on any atom is -0.493 e. The lowest BCUT2D eigenvalue weighted by atomic mass is 9.96. The molecule has 1 heterocycles. The number of likely N-dealkylation sites (tertiary alicyclic amines) is 1. The van der Waals surface area contributed by atoms with Gasteiger partial charge >= 0.3 is 0 Å². The van der Waals surface area contributed by atoms with Gasteiger partial charge in [0.25, 0.3) is 5.91 Å². The number of halogens is 1. The van der Waals surface area contributed by atoms with Crippen LogP contribution in [0.4, 0.5) is 0 Å². The van der Waals surface area contributed by atoms with E-state index in [1.807, 2.05) is 17.0 Å². The number of ether oxygens (including phenoxy) is 2. The first-order chi connectivity index (χ1) is 15.0. The largest absolute Gasteiger partial charge is 0.493 e. The highest BCUT2D eigenvalue weighted by Crippen LogP contribution is 2.27. The van der Waals surface area contributed by atoms with Gasteiger partial charge in [-0.25, -0.2) is 0 Å². The highest BCUT2D eigenvalue weighted by Gasteiger charge is 2.22. The summed E-state index contributed by atoms with van der Waals surface area (Å²) in [5.74, 6) is 1.30. The van der Waals surface area contributed by atoms with Crippen molar-refractivity contribution in [2.75, 3.05) is 33.9 Å². The van der Waals surface area contributed by atoms with Gasteiger partial charge in [-0.3, -0.25) is 9.59 Å². The first kappa shape index (κ1) is 22.7. The molecule has 0 bridgehead atoms. The molecule has 1 aliphatic rings. The second-order valence-electron chi connectivity index (χ2n) is 7.43. The molecule has 2 aromatic carbocycles. The predicted octanol–water partition coefficient (Wildman–Crippen LogP) is 4.04. The molecule has 1 fully saturated rings. The summed E-state index contributed by atoms with van der Waals surface area (Å²) in [4.78, 5) is 26.8. The van der Waals surface area contributed by atoms with Crippen molar-refractivity contribution in [3.8, 4) is 11.5 Å². The molecule has 1 N–H and O–H groups in total. The number of hydrogen-bond donors (Lipinski definition) is 1. The number of hydrogen-bond acceptors (Lipinski definition) is 4. The summed E-state index contributed by atoms with van der Waals surface area (Å²) in [6.45, 7) is 1.94. The van der Waals surface area contributed by atoms with Crippen molar-refractivity contribution in [1.29, 1.82) is 0 Å². The first-order valence-electron chi connectivity index (χ1n) is 10.2. The molecule has 1 aliphatic heterocycles. The molecule has 2 amide bonds. The summed E-state index contributed by atoms with van der Waals surface area (Å²) in [7, 11) is 3.10. The summed E-state index contributed by atoms with van der Waals surface area (Å²) >= 11 is 5.88. The van der Waals surface area contributed by atoms with E-state index in [1.165, 1.54) is 0 Å². The molecule has 0 aromatic heterocycles. The zero-order valence-corrected chi connectivity index (χ0v) is 18.5. The topological polar surface area (TPSA) is 67.9 Å². The van der Waals surface area contributed by atoms with E-state index in [0.29, 0.717) is 47.6 Å². The highest BCUT2D eigenvalue weighted by molar-refractivity contribution is 6.30. The molecule has 0 unspecified atom stereocenters. The number of carbonyl (C=O) groups is 2. The maximum absolute atomic E-state index is 12.5. The smallest absolute Gasteiger partial charge is 0.251 e. The van der Waals surface area contributed by atoms with Gasteiger partial charge in [-0.2, -0.15) is 0 Å². The summed E-state index contributed by atoms with van der Waals surface area (Å²) in [5.41, 5.74) is 1.46. The van der Waals surface area contributed by atoms with Gasteiger partial charge in [0.1, 0.15) is 0 Å². The molecule has 164 valence electrons. The Morgan fingerprint density at radius 3 is 2.39 bits per heavy atom. The third kappa shape index (κ3) is 6.25. The quantitative estimate of drug-likeness (QED) is 0.657. The number of nitrogens with zero attached hydrogens (tertiary/aromatic N) is 1. The van der Waals surface area contributed by atoms with Crippen molar-refractivity contribution in [1.82, 2.24) is 10.2 Å². The number of carbonyl (C=O) groups excluding carboxylic acids is 2. The maximum Gasteiger partial charge on any atom is 0.251 e. The van der Waals surface area contributed by atoms with Crippen LogP contribution in [0.25, 0.3) is 6.08 Å². The van der Waals surface area contributed by atoms with Crippen LogP contribution in [0.3, 0.4) is 0 Å². The van der Waals surface area contributed by atoms with Crippen LogP contribution in [0.5, 0.6) is 11.5 Å². The van der Waals surface area contributed by atoms with Gasteiger partial charge in [0, 0.05) is 36.3 Å². The Morgan fingerprint density at radius 2 is 1.74 bits per heavy atom. The third-order valence-electron chi connectivity index (χ3n) is 5.41. The second-order valence-corrected chi connectivity index (χ2v) is 7.87. The average molecular weight is 443 g/mol. The Hall–Kier alpha value is -2.99. The van der Waals surface area contributed by atoms with E-state index in [9.17, 15) is 9.59 Å². The fourth-order valence-corrected chi connectivity index (χ4v) is 3.65. The lowest BCUT2D eigenvalue weighted by Crippen LogP contribution is -2.41. The molecule has 0 saturated carbocycles. The molecular weight excluding hydrogens is 416 g/mol. The van der Waals surface area contributed by atoms with Crippen molar-refractivity contribution in [2.24, 2.45) is 5.92 Å². The van der Waals surface area contributed by atoms with Crippen molar-refractivity contribution in [2.45, 2.75) is 12.8 Å². The molecule has 6 nitrogen and oxygen atoms in total. The number of nitrogens with one attached hydrogen (secondary N) is 1. The zero-order valence-electron chi connectivity index (χ0n) is 17.8. The molecule has 2 aromatic rings. The monoisotopic (exact) mass is 442 g/mol. The molecule has 0 spiro atoms.